The summed E-state index contributed by atoms with van der Waals surface area (Å²) in [6.45, 7) is 2.71. The molecule has 2 heterocycles. The van der Waals surface area contributed by atoms with Crippen molar-refractivity contribution in [2.45, 2.75) is 13.5 Å². The summed E-state index contributed by atoms with van der Waals surface area (Å²) in [4.78, 5) is 27.8. The molecule has 0 radical (unpaired) electrons. The topological polar surface area (TPSA) is 68.8 Å². The van der Waals surface area contributed by atoms with Crippen LogP contribution in [0.1, 0.15) is 16.1 Å². The fourth-order valence-corrected chi connectivity index (χ4v) is 3.74. The highest BCUT2D eigenvalue weighted by Crippen LogP contribution is 2.25. The van der Waals surface area contributed by atoms with Crippen molar-refractivity contribution in [1.29, 1.82) is 0 Å². The summed E-state index contributed by atoms with van der Waals surface area (Å²) in [5.41, 5.74) is 3.36. The summed E-state index contributed by atoms with van der Waals surface area (Å²) in [6.07, 6.45) is 0. The van der Waals surface area contributed by atoms with E-state index in [1.54, 1.807) is 30.9 Å². The van der Waals surface area contributed by atoms with Gasteiger partial charge in [-0.05, 0) is 36.8 Å². The molecule has 0 atom stereocenters. The van der Waals surface area contributed by atoms with Gasteiger partial charge in [-0.2, -0.15) is 5.10 Å². The number of fused-ring (bicyclic) bond motifs is 3. The third-order valence-electron chi connectivity index (χ3n) is 5.15. The Bertz CT molecular complexity index is 1330. The van der Waals surface area contributed by atoms with Crippen molar-refractivity contribution in [2.75, 3.05) is 25.7 Å². The number of rotatable bonds is 5. The van der Waals surface area contributed by atoms with Crippen LogP contribution in [0.5, 0.6) is 0 Å². The maximum Gasteiger partial charge on any atom is 0.278 e. The first-order chi connectivity index (χ1) is 14.4. The number of carbonyl (C=O) groups is 1. The molecular formula is C22H21ClN4O3. The third-order valence-corrected chi connectivity index (χ3v) is 5.38. The quantitative estimate of drug-likeness (QED) is 0.491. The molecule has 0 aliphatic rings. The second kappa shape index (κ2) is 7.93. The zero-order valence-corrected chi connectivity index (χ0v) is 17.7. The van der Waals surface area contributed by atoms with Gasteiger partial charge in [0, 0.05) is 37.5 Å². The Morgan fingerprint density at radius 1 is 1.13 bits per heavy atom. The van der Waals surface area contributed by atoms with Gasteiger partial charge in [0.05, 0.1) is 17.6 Å². The molecule has 0 spiro atoms. The molecule has 4 rings (SSSR count). The summed E-state index contributed by atoms with van der Waals surface area (Å²) < 4.78 is 8.34. The minimum absolute atomic E-state index is 0.184. The Hall–Kier alpha value is -3.16. The first-order valence-electron chi connectivity index (χ1n) is 9.47. The smallest absolute Gasteiger partial charge is 0.278 e. The Morgan fingerprint density at radius 2 is 1.87 bits per heavy atom. The first-order valence-corrected chi connectivity index (χ1v) is 9.84. The van der Waals surface area contributed by atoms with E-state index in [9.17, 15) is 9.59 Å². The number of aryl methyl sites for hydroxylation is 1. The molecule has 0 aliphatic heterocycles. The second-order valence-corrected chi connectivity index (χ2v) is 7.50. The largest absolute Gasteiger partial charge is 0.383 e. The van der Waals surface area contributed by atoms with Gasteiger partial charge in [0.15, 0.2) is 5.69 Å². The number of para-hydroxylation sites is 2. The number of hydrogen-bond acceptors (Lipinski definition) is 4. The molecule has 0 unspecified atom stereocenters. The molecule has 30 heavy (non-hydrogen) atoms. The normalized spacial score (nSPS) is 11.3. The number of anilines is 1. The average Bonchev–Trinajstić information content (AvgIpc) is 3.20. The highest BCUT2D eigenvalue weighted by Gasteiger charge is 2.21. The van der Waals surface area contributed by atoms with Gasteiger partial charge in [0.1, 0.15) is 5.52 Å². The van der Waals surface area contributed by atoms with Crippen LogP contribution >= 0.6 is 11.6 Å². The standard InChI is InChI=1S/C22H21ClN4O3/c1-14-8-9-15(23)12-19(14)25(2)21(28)16-13-20-22(29)26(10-11-30-3)17-6-4-5-7-18(17)27(20)24-16/h4-9,12-13H,10-11H2,1-3H3. The van der Waals surface area contributed by atoms with E-state index in [-0.39, 0.29) is 17.2 Å². The number of aromatic nitrogens is 3. The predicted molar refractivity (Wildman–Crippen MR) is 118 cm³/mol. The lowest BCUT2D eigenvalue weighted by atomic mass is 10.2. The molecule has 0 saturated carbocycles. The van der Waals surface area contributed by atoms with Crippen molar-refractivity contribution in [3.63, 3.8) is 0 Å². The van der Waals surface area contributed by atoms with Crippen molar-refractivity contribution in [1.82, 2.24) is 14.2 Å². The number of benzene rings is 2. The number of halogens is 1. The maximum atomic E-state index is 13.2. The van der Waals surface area contributed by atoms with Gasteiger partial charge >= 0.3 is 0 Å². The molecule has 2 aromatic heterocycles. The van der Waals surface area contributed by atoms with Crippen LogP contribution in [-0.2, 0) is 11.3 Å². The van der Waals surface area contributed by atoms with E-state index in [0.717, 1.165) is 16.6 Å². The number of hydrogen-bond donors (Lipinski definition) is 0. The SMILES string of the molecule is COCCn1c(=O)c2cc(C(=O)N(C)c3cc(Cl)ccc3C)nn2c2ccccc21. The minimum atomic E-state index is -0.323. The van der Waals surface area contributed by atoms with Crippen molar-refractivity contribution < 1.29 is 9.53 Å². The zero-order chi connectivity index (χ0) is 21.4. The van der Waals surface area contributed by atoms with Gasteiger partial charge in [-0.15, -0.1) is 0 Å². The van der Waals surface area contributed by atoms with E-state index in [4.69, 9.17) is 16.3 Å². The molecule has 7 nitrogen and oxygen atoms in total. The van der Waals surface area contributed by atoms with E-state index < -0.39 is 0 Å². The van der Waals surface area contributed by atoms with Crippen LogP contribution in [0.25, 0.3) is 16.6 Å². The molecule has 154 valence electrons. The molecule has 8 heteroatoms. The number of carbonyl (C=O) groups excluding carboxylic acids is 1. The second-order valence-electron chi connectivity index (χ2n) is 7.06. The third kappa shape index (κ3) is 3.36. The molecule has 0 fully saturated rings. The van der Waals surface area contributed by atoms with Crippen molar-refractivity contribution in [2.24, 2.45) is 0 Å². The van der Waals surface area contributed by atoms with Crippen molar-refractivity contribution >= 4 is 39.7 Å². The Kier molecular flexibility index (Phi) is 5.32. The fourth-order valence-electron chi connectivity index (χ4n) is 3.57. The number of methoxy groups -OCH3 is 1. The van der Waals surface area contributed by atoms with Crippen LogP contribution in [0, 0.1) is 6.92 Å². The Balaban J connectivity index is 1.86. The lowest BCUT2D eigenvalue weighted by molar-refractivity contribution is 0.0988. The number of nitrogens with zero attached hydrogens (tertiary/aromatic N) is 4. The predicted octanol–water partition coefficient (Wildman–Crippen LogP) is 3.53. The molecule has 2 aromatic carbocycles. The summed E-state index contributed by atoms with van der Waals surface area (Å²) >= 11 is 6.11. The van der Waals surface area contributed by atoms with E-state index in [1.165, 1.54) is 15.5 Å². The van der Waals surface area contributed by atoms with Gasteiger partial charge in [0.25, 0.3) is 11.5 Å². The molecular weight excluding hydrogens is 404 g/mol. The lowest BCUT2D eigenvalue weighted by Crippen LogP contribution is -2.27. The molecule has 0 N–H and O–H groups in total. The van der Waals surface area contributed by atoms with Gasteiger partial charge in [0.2, 0.25) is 0 Å². The molecule has 1 amide bonds. The molecule has 4 aromatic rings. The van der Waals surface area contributed by atoms with Gasteiger partial charge in [-0.3, -0.25) is 9.59 Å². The van der Waals surface area contributed by atoms with Crippen LogP contribution in [0.3, 0.4) is 0 Å². The van der Waals surface area contributed by atoms with Crippen molar-refractivity contribution in [3.05, 3.63) is 75.2 Å². The van der Waals surface area contributed by atoms with Crippen LogP contribution in [0.4, 0.5) is 5.69 Å². The maximum absolute atomic E-state index is 13.2. The highest BCUT2D eigenvalue weighted by atomic mass is 35.5. The van der Waals surface area contributed by atoms with E-state index in [0.29, 0.717) is 29.4 Å². The van der Waals surface area contributed by atoms with Crippen molar-refractivity contribution in [3.8, 4) is 0 Å². The van der Waals surface area contributed by atoms with Crippen LogP contribution < -0.4 is 10.5 Å². The summed E-state index contributed by atoms with van der Waals surface area (Å²) in [5.74, 6) is -0.323. The average molecular weight is 425 g/mol. The number of ether oxygens (including phenoxy) is 1. The summed E-state index contributed by atoms with van der Waals surface area (Å²) in [6, 6.07) is 14.4. The van der Waals surface area contributed by atoms with Crippen LogP contribution in [-0.4, -0.2) is 40.9 Å². The monoisotopic (exact) mass is 424 g/mol. The van der Waals surface area contributed by atoms with E-state index in [1.807, 2.05) is 37.3 Å². The van der Waals surface area contributed by atoms with E-state index >= 15 is 0 Å². The van der Waals surface area contributed by atoms with Gasteiger partial charge in [-0.1, -0.05) is 29.8 Å². The fraction of sp³-hybridized carbons (Fsp3) is 0.227. The molecule has 0 bridgehead atoms. The first kappa shape index (κ1) is 20.1. The van der Waals surface area contributed by atoms with Crippen LogP contribution in [0.2, 0.25) is 5.02 Å². The molecule has 0 aliphatic carbocycles. The summed E-state index contributed by atoms with van der Waals surface area (Å²) in [5, 5.41) is 5.01. The Labute approximate surface area is 178 Å². The lowest BCUT2D eigenvalue weighted by Gasteiger charge is -2.18. The Morgan fingerprint density at radius 3 is 2.60 bits per heavy atom. The van der Waals surface area contributed by atoms with Gasteiger partial charge < -0.3 is 14.2 Å². The zero-order valence-electron chi connectivity index (χ0n) is 16.9. The van der Waals surface area contributed by atoms with E-state index in [2.05, 4.69) is 5.10 Å². The van der Waals surface area contributed by atoms with Crippen LogP contribution in [0.15, 0.2) is 53.3 Å². The number of amides is 1. The van der Waals surface area contributed by atoms with Gasteiger partial charge in [-0.25, -0.2) is 4.52 Å². The minimum Gasteiger partial charge on any atom is -0.383 e. The highest BCUT2D eigenvalue weighted by molar-refractivity contribution is 6.31. The summed E-state index contributed by atoms with van der Waals surface area (Å²) in [7, 11) is 3.26. The molecule has 0 saturated heterocycles.